The van der Waals surface area contributed by atoms with Gasteiger partial charge in [-0.1, -0.05) is 146 Å². The summed E-state index contributed by atoms with van der Waals surface area (Å²) in [7, 11) is 0. The van der Waals surface area contributed by atoms with Gasteiger partial charge in [-0.05, 0) is 81.4 Å². The molecule has 0 radical (unpaired) electrons. The quantitative estimate of drug-likeness (QED) is 0.175. The lowest BCUT2D eigenvalue weighted by atomic mass is 9.97. The van der Waals surface area contributed by atoms with Gasteiger partial charge < -0.3 is 19.4 Å². The summed E-state index contributed by atoms with van der Waals surface area (Å²) in [6, 6.07) is 68.9. The van der Waals surface area contributed by atoms with Crippen molar-refractivity contribution < 1.29 is 9.15 Å². The Balaban J connectivity index is 1.05. The molecule has 1 atom stereocenters. The van der Waals surface area contributed by atoms with Crippen LogP contribution in [0.1, 0.15) is 11.8 Å². The Morgan fingerprint density at radius 3 is 1.96 bits per heavy atom. The van der Waals surface area contributed by atoms with Gasteiger partial charge in [-0.3, -0.25) is 0 Å². The Morgan fingerprint density at radius 2 is 1.13 bits per heavy atom. The number of ether oxygens (including phenoxy) is 1. The van der Waals surface area contributed by atoms with Crippen molar-refractivity contribution in [3.05, 3.63) is 200 Å². The van der Waals surface area contributed by atoms with Gasteiger partial charge in [0, 0.05) is 27.6 Å². The highest BCUT2D eigenvalue weighted by molar-refractivity contribution is 6.15. The second-order valence-electron chi connectivity index (χ2n) is 14.1. The number of hydrogen-bond acceptors (Lipinski definition) is 4. The number of para-hydroxylation sites is 1. The van der Waals surface area contributed by atoms with E-state index in [1.807, 2.05) is 30.3 Å². The van der Waals surface area contributed by atoms with Crippen LogP contribution in [-0.4, -0.2) is 0 Å². The molecule has 9 aromatic carbocycles. The van der Waals surface area contributed by atoms with Crippen LogP contribution in [0.15, 0.2) is 199 Å². The predicted molar refractivity (Wildman–Crippen MR) is 228 cm³/mol. The molecule has 0 fully saturated rings. The van der Waals surface area contributed by atoms with E-state index in [2.05, 4.69) is 174 Å². The Kier molecular flexibility index (Phi) is 7.20. The second kappa shape index (κ2) is 12.7. The summed E-state index contributed by atoms with van der Waals surface area (Å²) >= 11 is 0. The normalized spacial score (nSPS) is 13.6. The van der Waals surface area contributed by atoms with E-state index in [4.69, 9.17) is 9.15 Å². The maximum Gasteiger partial charge on any atom is 0.196 e. The Bertz CT molecular complexity index is 3040. The Labute approximate surface area is 318 Å². The molecule has 1 aliphatic rings. The van der Waals surface area contributed by atoms with E-state index in [-0.39, 0.29) is 6.23 Å². The molecule has 11 rings (SSSR count). The lowest BCUT2D eigenvalue weighted by Gasteiger charge is -2.29. The minimum Gasteiger partial charge on any atom is -0.464 e. The summed E-state index contributed by atoms with van der Waals surface area (Å²) < 4.78 is 12.9. The smallest absolute Gasteiger partial charge is 0.196 e. The van der Waals surface area contributed by atoms with E-state index >= 15 is 0 Å². The molecule has 4 nitrogen and oxygen atoms in total. The summed E-state index contributed by atoms with van der Waals surface area (Å²) in [5, 5.41) is 10.5. The monoisotopic (exact) mass is 706 g/mol. The molecule has 1 N–H and O–H groups in total. The van der Waals surface area contributed by atoms with Crippen molar-refractivity contribution in [3.8, 4) is 28.0 Å². The molecule has 4 heteroatoms. The third-order valence-electron chi connectivity index (χ3n) is 10.9. The van der Waals surface area contributed by atoms with Gasteiger partial charge in [0.25, 0.3) is 0 Å². The second-order valence-corrected chi connectivity index (χ2v) is 14.1. The van der Waals surface area contributed by atoms with Gasteiger partial charge in [-0.2, -0.15) is 0 Å². The fraction of sp³-hybridized carbons (Fsp3) is 0.0196. The summed E-state index contributed by atoms with van der Waals surface area (Å²) in [4.78, 5) is 2.42. The van der Waals surface area contributed by atoms with Crippen LogP contribution >= 0.6 is 0 Å². The average Bonchev–Trinajstić information content (AvgIpc) is 3.86. The van der Waals surface area contributed by atoms with Crippen molar-refractivity contribution in [2.24, 2.45) is 0 Å². The first-order valence-electron chi connectivity index (χ1n) is 18.7. The minimum absolute atomic E-state index is 0.253. The third-order valence-corrected chi connectivity index (χ3v) is 10.9. The summed E-state index contributed by atoms with van der Waals surface area (Å²) in [5.74, 6) is 0.827. The summed E-state index contributed by atoms with van der Waals surface area (Å²) in [5.41, 5.74) is 11.6. The van der Waals surface area contributed by atoms with Crippen molar-refractivity contribution >= 4 is 66.2 Å². The van der Waals surface area contributed by atoms with E-state index in [0.29, 0.717) is 0 Å². The molecule has 55 heavy (non-hydrogen) atoms. The predicted octanol–water partition coefficient (Wildman–Crippen LogP) is 14.2. The molecule has 10 aromatic rings. The zero-order valence-corrected chi connectivity index (χ0v) is 29.8. The van der Waals surface area contributed by atoms with E-state index in [0.717, 1.165) is 67.1 Å². The largest absolute Gasteiger partial charge is 0.464 e. The molecule has 1 aromatic heterocycles. The standard InChI is InChI=1S/C51H34N2O2/c1-3-13-34(14-4-1)40-19-11-12-22-45(40)53(46-32-37-17-7-8-18-39(37)41-20-9-10-21-42(41)46)38-26-23-33(24-27-38)36-25-29-47-43(31-36)49-48(54-47)30-28-44-50(49)55-51(52-44)35-15-5-2-6-16-35/h1-32,51-52H. The van der Waals surface area contributed by atoms with Crippen LogP contribution in [0, 0.1) is 0 Å². The number of nitrogens with zero attached hydrogens (tertiary/aromatic N) is 1. The number of hydrogen-bond donors (Lipinski definition) is 1. The van der Waals surface area contributed by atoms with Crippen LogP contribution in [0.4, 0.5) is 22.7 Å². The van der Waals surface area contributed by atoms with Crippen molar-refractivity contribution in [2.45, 2.75) is 6.23 Å². The molecule has 0 aliphatic carbocycles. The van der Waals surface area contributed by atoms with Crippen LogP contribution in [-0.2, 0) is 0 Å². The Morgan fingerprint density at radius 1 is 0.455 bits per heavy atom. The maximum absolute atomic E-state index is 6.57. The highest BCUT2D eigenvalue weighted by atomic mass is 16.5. The first-order chi connectivity index (χ1) is 27.3. The van der Waals surface area contributed by atoms with Crippen LogP contribution in [0.3, 0.4) is 0 Å². The fourth-order valence-corrected chi connectivity index (χ4v) is 8.28. The molecule has 0 saturated carbocycles. The van der Waals surface area contributed by atoms with E-state index in [9.17, 15) is 0 Å². The number of anilines is 4. The van der Waals surface area contributed by atoms with E-state index < -0.39 is 0 Å². The van der Waals surface area contributed by atoms with Gasteiger partial charge in [0.15, 0.2) is 12.0 Å². The molecule has 1 unspecified atom stereocenters. The maximum atomic E-state index is 6.57. The topological polar surface area (TPSA) is 37.6 Å². The van der Waals surface area contributed by atoms with Crippen LogP contribution in [0.2, 0.25) is 0 Å². The lowest BCUT2D eigenvalue weighted by Crippen LogP contribution is -2.12. The average molecular weight is 707 g/mol. The van der Waals surface area contributed by atoms with Crippen molar-refractivity contribution in [3.63, 3.8) is 0 Å². The van der Waals surface area contributed by atoms with Crippen LogP contribution in [0.25, 0.3) is 65.7 Å². The van der Waals surface area contributed by atoms with Gasteiger partial charge in [0.1, 0.15) is 11.2 Å². The number of nitrogens with one attached hydrogen (secondary N) is 1. The van der Waals surface area contributed by atoms with Gasteiger partial charge >= 0.3 is 0 Å². The molecule has 2 heterocycles. The summed E-state index contributed by atoms with van der Waals surface area (Å²) in [6.45, 7) is 0. The molecule has 0 bridgehead atoms. The van der Waals surface area contributed by atoms with Crippen molar-refractivity contribution in [2.75, 3.05) is 10.2 Å². The number of benzene rings is 9. The van der Waals surface area contributed by atoms with E-state index in [1.54, 1.807) is 0 Å². The number of rotatable bonds is 6. The summed E-state index contributed by atoms with van der Waals surface area (Å²) in [6.07, 6.45) is -0.253. The third kappa shape index (κ3) is 5.22. The van der Waals surface area contributed by atoms with Gasteiger partial charge in [0.2, 0.25) is 0 Å². The highest BCUT2D eigenvalue weighted by Gasteiger charge is 2.28. The fourth-order valence-electron chi connectivity index (χ4n) is 8.28. The number of furan rings is 1. The SMILES string of the molecule is c1ccc(-c2ccccc2N(c2ccc(-c3ccc4oc5ccc6c(c5c4c3)OC(c3ccccc3)N6)cc2)c2cc3ccccc3c3ccccc23)cc1. The van der Waals surface area contributed by atoms with Crippen molar-refractivity contribution in [1.29, 1.82) is 0 Å². The first kappa shape index (κ1) is 31.2. The zero-order chi connectivity index (χ0) is 36.3. The van der Waals surface area contributed by atoms with Gasteiger partial charge in [0.05, 0.1) is 22.4 Å². The molecule has 260 valence electrons. The molecule has 0 saturated heterocycles. The number of fused-ring (bicyclic) bond motifs is 8. The van der Waals surface area contributed by atoms with Crippen molar-refractivity contribution in [1.82, 2.24) is 0 Å². The minimum atomic E-state index is -0.253. The molecular formula is C51H34N2O2. The molecule has 1 aliphatic heterocycles. The van der Waals surface area contributed by atoms with Gasteiger partial charge in [-0.15, -0.1) is 0 Å². The highest BCUT2D eigenvalue weighted by Crippen LogP contribution is 2.48. The van der Waals surface area contributed by atoms with Gasteiger partial charge in [-0.25, -0.2) is 0 Å². The molecular weight excluding hydrogens is 673 g/mol. The lowest BCUT2D eigenvalue weighted by molar-refractivity contribution is 0.263. The van der Waals surface area contributed by atoms with E-state index in [1.165, 1.54) is 32.7 Å². The zero-order valence-electron chi connectivity index (χ0n) is 29.8. The Hall–Kier alpha value is -7.30. The van der Waals surface area contributed by atoms with Crippen LogP contribution in [0.5, 0.6) is 5.75 Å². The molecule has 0 spiro atoms. The van der Waals surface area contributed by atoms with Crippen LogP contribution < -0.4 is 15.0 Å². The molecule has 0 amide bonds. The first-order valence-corrected chi connectivity index (χ1v) is 18.7.